The van der Waals surface area contributed by atoms with Gasteiger partial charge in [-0.2, -0.15) is 5.26 Å². The van der Waals surface area contributed by atoms with Crippen molar-refractivity contribution in [2.45, 2.75) is 25.2 Å². The topological polar surface area (TPSA) is 53.0 Å². The highest BCUT2D eigenvalue weighted by Gasteiger charge is 2.03. The van der Waals surface area contributed by atoms with Crippen LogP contribution >= 0.6 is 11.8 Å². The van der Waals surface area contributed by atoms with Crippen molar-refractivity contribution in [2.75, 3.05) is 31.1 Å². The van der Waals surface area contributed by atoms with E-state index >= 15 is 0 Å². The predicted octanol–water partition coefficient (Wildman–Crippen LogP) is 2.77. The molecule has 3 nitrogen and oxygen atoms in total. The van der Waals surface area contributed by atoms with Crippen molar-refractivity contribution in [3.8, 4) is 6.07 Å². The van der Waals surface area contributed by atoms with Crippen LogP contribution in [0.2, 0.25) is 0 Å². The van der Waals surface area contributed by atoms with Crippen LogP contribution in [0.25, 0.3) is 0 Å². The first-order valence-electron chi connectivity index (χ1n) is 6.31. The van der Waals surface area contributed by atoms with Crippen molar-refractivity contribution < 1.29 is 0 Å². The fraction of sp³-hybridized carbons (Fsp3) is 0.500. The first-order chi connectivity index (χ1) is 8.71. The van der Waals surface area contributed by atoms with E-state index in [1.165, 1.54) is 4.90 Å². The van der Waals surface area contributed by atoms with Crippen molar-refractivity contribution in [3.05, 3.63) is 23.8 Å². The number of benzene rings is 1. The van der Waals surface area contributed by atoms with Gasteiger partial charge < -0.3 is 10.6 Å². The van der Waals surface area contributed by atoms with Gasteiger partial charge in [0.05, 0.1) is 12.5 Å². The van der Waals surface area contributed by atoms with Gasteiger partial charge >= 0.3 is 0 Å². The Kier molecular flexibility index (Phi) is 6.63. The summed E-state index contributed by atoms with van der Waals surface area (Å²) in [5.74, 6) is 1.07. The largest absolute Gasteiger partial charge is 0.398 e. The van der Waals surface area contributed by atoms with Crippen LogP contribution in [0.3, 0.4) is 0 Å². The lowest BCUT2D eigenvalue weighted by molar-refractivity contribution is 0.324. The lowest BCUT2D eigenvalue weighted by Gasteiger charge is -2.17. The molecule has 0 unspecified atom stereocenters. The number of nitrogens with zero attached hydrogens (tertiary/aromatic N) is 2. The van der Waals surface area contributed by atoms with Crippen molar-refractivity contribution in [1.29, 1.82) is 5.26 Å². The lowest BCUT2D eigenvalue weighted by Crippen LogP contribution is -2.25. The number of thioether (sulfide) groups is 1. The van der Waals surface area contributed by atoms with Gasteiger partial charge in [0, 0.05) is 22.9 Å². The zero-order valence-corrected chi connectivity index (χ0v) is 12.0. The van der Waals surface area contributed by atoms with E-state index in [-0.39, 0.29) is 0 Å². The molecule has 0 spiro atoms. The van der Waals surface area contributed by atoms with Crippen LogP contribution in [-0.2, 0) is 6.42 Å². The van der Waals surface area contributed by atoms with Gasteiger partial charge in [-0.15, -0.1) is 11.8 Å². The molecule has 0 saturated heterocycles. The summed E-state index contributed by atoms with van der Waals surface area (Å²) in [6, 6.07) is 8.11. The minimum Gasteiger partial charge on any atom is -0.398 e. The molecule has 1 aromatic rings. The molecule has 4 heteroatoms. The molecule has 0 aromatic heterocycles. The summed E-state index contributed by atoms with van der Waals surface area (Å²) in [4.78, 5) is 3.60. The number of anilines is 1. The molecule has 1 aromatic carbocycles. The van der Waals surface area contributed by atoms with Crippen molar-refractivity contribution >= 4 is 17.4 Å². The third kappa shape index (κ3) is 4.59. The summed E-state index contributed by atoms with van der Waals surface area (Å²) >= 11 is 1.82. The molecule has 0 heterocycles. The maximum Gasteiger partial charge on any atom is 0.0670 e. The van der Waals surface area contributed by atoms with Crippen LogP contribution in [0, 0.1) is 11.3 Å². The molecule has 98 valence electrons. The Labute approximate surface area is 114 Å². The molecule has 1 rings (SSSR count). The third-order valence-electron chi connectivity index (χ3n) is 2.95. The van der Waals surface area contributed by atoms with Crippen LogP contribution in [0.4, 0.5) is 5.69 Å². The normalized spacial score (nSPS) is 10.6. The molecular formula is C14H21N3S. The average molecular weight is 263 g/mol. The molecule has 0 aliphatic carbocycles. The Morgan fingerprint density at radius 1 is 1.33 bits per heavy atom. The standard InChI is InChI=1S/C14H21N3S/c1-3-17(4-2)9-10-18-13-5-6-14(16)12(11-13)7-8-15/h5-6,11H,3-4,7,9-10,16H2,1-2H3. The first kappa shape index (κ1) is 14.9. The second-order valence-corrected chi connectivity index (χ2v) is 5.24. The zero-order chi connectivity index (χ0) is 13.4. The van der Waals surface area contributed by atoms with Gasteiger partial charge in [-0.1, -0.05) is 13.8 Å². The van der Waals surface area contributed by atoms with Gasteiger partial charge in [0.25, 0.3) is 0 Å². The van der Waals surface area contributed by atoms with Gasteiger partial charge in [0.15, 0.2) is 0 Å². The smallest absolute Gasteiger partial charge is 0.0670 e. The SMILES string of the molecule is CCN(CC)CCSc1ccc(N)c(CC#N)c1. The molecule has 0 aliphatic rings. The predicted molar refractivity (Wildman–Crippen MR) is 78.7 cm³/mol. The number of rotatable bonds is 7. The number of hydrogen-bond acceptors (Lipinski definition) is 4. The Morgan fingerprint density at radius 3 is 2.67 bits per heavy atom. The Bertz CT molecular complexity index is 408. The van der Waals surface area contributed by atoms with E-state index in [9.17, 15) is 0 Å². The van der Waals surface area contributed by atoms with E-state index in [0.717, 1.165) is 31.0 Å². The Hall–Kier alpha value is -1.18. The van der Waals surface area contributed by atoms with Gasteiger partial charge in [0.2, 0.25) is 0 Å². The van der Waals surface area contributed by atoms with Crippen LogP contribution in [0.5, 0.6) is 0 Å². The zero-order valence-electron chi connectivity index (χ0n) is 11.1. The van der Waals surface area contributed by atoms with Crippen molar-refractivity contribution in [3.63, 3.8) is 0 Å². The summed E-state index contributed by atoms with van der Waals surface area (Å²) in [6.07, 6.45) is 0.385. The molecule has 0 radical (unpaired) electrons. The number of nitriles is 1. The minimum atomic E-state index is 0.385. The van der Waals surface area contributed by atoms with E-state index in [0.29, 0.717) is 12.1 Å². The van der Waals surface area contributed by atoms with Crippen LogP contribution in [0.1, 0.15) is 19.4 Å². The van der Waals surface area contributed by atoms with E-state index < -0.39 is 0 Å². The average Bonchev–Trinajstić information content (AvgIpc) is 2.38. The highest BCUT2D eigenvalue weighted by atomic mass is 32.2. The second-order valence-electron chi connectivity index (χ2n) is 4.07. The van der Waals surface area contributed by atoms with E-state index in [2.05, 4.69) is 24.8 Å². The second kappa shape index (κ2) is 8.02. The molecule has 0 atom stereocenters. The molecule has 0 amide bonds. The maximum atomic E-state index is 8.73. The molecular weight excluding hydrogens is 242 g/mol. The molecule has 2 N–H and O–H groups in total. The van der Waals surface area contributed by atoms with Gasteiger partial charge in [-0.05, 0) is 36.9 Å². The molecule has 0 bridgehead atoms. The maximum absolute atomic E-state index is 8.73. The van der Waals surface area contributed by atoms with Crippen LogP contribution < -0.4 is 5.73 Å². The highest BCUT2D eigenvalue weighted by molar-refractivity contribution is 7.99. The number of hydrogen-bond donors (Lipinski definition) is 1. The first-order valence-corrected chi connectivity index (χ1v) is 7.30. The Balaban J connectivity index is 2.52. The molecule has 0 saturated carbocycles. The summed E-state index contributed by atoms with van der Waals surface area (Å²) in [5.41, 5.74) is 7.47. The molecule has 18 heavy (non-hydrogen) atoms. The van der Waals surface area contributed by atoms with E-state index in [4.69, 9.17) is 11.0 Å². The number of nitrogen functional groups attached to an aromatic ring is 1. The van der Waals surface area contributed by atoms with Crippen molar-refractivity contribution in [2.24, 2.45) is 0 Å². The van der Waals surface area contributed by atoms with E-state index in [1.54, 1.807) is 0 Å². The van der Waals surface area contributed by atoms with Gasteiger partial charge in [0.1, 0.15) is 0 Å². The lowest BCUT2D eigenvalue weighted by atomic mass is 10.1. The summed E-state index contributed by atoms with van der Waals surface area (Å²) in [6.45, 7) is 7.65. The molecule has 0 aliphatic heterocycles. The molecule has 0 fully saturated rings. The highest BCUT2D eigenvalue weighted by Crippen LogP contribution is 2.23. The van der Waals surface area contributed by atoms with Gasteiger partial charge in [-0.25, -0.2) is 0 Å². The van der Waals surface area contributed by atoms with E-state index in [1.807, 2.05) is 30.0 Å². The Morgan fingerprint density at radius 2 is 2.06 bits per heavy atom. The monoisotopic (exact) mass is 263 g/mol. The summed E-state index contributed by atoms with van der Waals surface area (Å²) in [7, 11) is 0. The summed E-state index contributed by atoms with van der Waals surface area (Å²) < 4.78 is 0. The fourth-order valence-electron chi connectivity index (χ4n) is 1.74. The third-order valence-corrected chi connectivity index (χ3v) is 3.93. The summed E-state index contributed by atoms with van der Waals surface area (Å²) in [5, 5.41) is 8.73. The quantitative estimate of drug-likeness (QED) is 0.607. The number of nitrogens with two attached hydrogens (primary N) is 1. The minimum absolute atomic E-state index is 0.385. The fourth-order valence-corrected chi connectivity index (χ4v) is 2.72. The van der Waals surface area contributed by atoms with Crippen molar-refractivity contribution in [1.82, 2.24) is 4.90 Å². The van der Waals surface area contributed by atoms with Crippen LogP contribution in [-0.4, -0.2) is 30.3 Å². The van der Waals surface area contributed by atoms with Gasteiger partial charge in [-0.3, -0.25) is 0 Å². The van der Waals surface area contributed by atoms with Crippen LogP contribution in [0.15, 0.2) is 23.1 Å².